The van der Waals surface area contributed by atoms with E-state index in [1.807, 2.05) is 19.2 Å². The number of anilines is 1. The Morgan fingerprint density at radius 1 is 1.24 bits per heavy atom. The summed E-state index contributed by atoms with van der Waals surface area (Å²) in [6.07, 6.45) is 7.24. The van der Waals surface area contributed by atoms with Crippen LogP contribution in [0.5, 0.6) is 0 Å². The van der Waals surface area contributed by atoms with Crippen molar-refractivity contribution < 1.29 is 0 Å². The first-order chi connectivity index (χ1) is 10.2. The van der Waals surface area contributed by atoms with Crippen molar-refractivity contribution in [3.63, 3.8) is 0 Å². The Labute approximate surface area is 128 Å². The first kappa shape index (κ1) is 14.8. The minimum Gasteiger partial charge on any atom is -0.356 e. The maximum Gasteiger partial charge on any atom is 0.133 e. The summed E-state index contributed by atoms with van der Waals surface area (Å²) in [5, 5.41) is 0. The molecule has 2 N–H and O–H groups in total. The van der Waals surface area contributed by atoms with Gasteiger partial charge in [-0.3, -0.25) is 0 Å². The molecule has 1 atom stereocenters. The van der Waals surface area contributed by atoms with Crippen LogP contribution in [0.4, 0.5) is 5.82 Å². The van der Waals surface area contributed by atoms with Gasteiger partial charge in [0.05, 0.1) is 0 Å². The van der Waals surface area contributed by atoms with Crippen molar-refractivity contribution in [2.24, 2.45) is 11.7 Å². The highest BCUT2D eigenvalue weighted by Gasteiger charge is 2.24. The van der Waals surface area contributed by atoms with Crippen molar-refractivity contribution in [3.8, 4) is 0 Å². The number of pyridine rings is 1. The summed E-state index contributed by atoms with van der Waals surface area (Å²) in [6, 6.07) is 4.15. The van der Waals surface area contributed by atoms with E-state index in [0.29, 0.717) is 0 Å². The van der Waals surface area contributed by atoms with Crippen molar-refractivity contribution in [2.75, 3.05) is 37.6 Å². The fourth-order valence-electron chi connectivity index (χ4n) is 3.69. The fraction of sp³-hybridized carbons (Fsp3) is 0.706. The van der Waals surface area contributed by atoms with E-state index in [9.17, 15) is 0 Å². The molecule has 2 fully saturated rings. The van der Waals surface area contributed by atoms with Crippen molar-refractivity contribution >= 4 is 5.82 Å². The lowest BCUT2D eigenvalue weighted by Gasteiger charge is -2.35. The van der Waals surface area contributed by atoms with Crippen molar-refractivity contribution in [1.82, 2.24) is 9.88 Å². The first-order valence-corrected chi connectivity index (χ1v) is 8.42. The molecule has 1 aromatic heterocycles. The summed E-state index contributed by atoms with van der Waals surface area (Å²) in [5.74, 6) is 1.97. The predicted octanol–water partition coefficient (Wildman–Crippen LogP) is 2.41. The van der Waals surface area contributed by atoms with Crippen LogP contribution in [0.1, 0.15) is 44.2 Å². The number of nitrogens with two attached hydrogens (primary N) is 1. The monoisotopic (exact) mass is 288 g/mol. The number of hydrogen-bond donors (Lipinski definition) is 1. The third kappa shape index (κ3) is 3.55. The fourth-order valence-corrected chi connectivity index (χ4v) is 3.69. The van der Waals surface area contributed by atoms with Gasteiger partial charge >= 0.3 is 0 Å². The Hall–Kier alpha value is -1.13. The number of rotatable bonds is 4. The van der Waals surface area contributed by atoms with Crippen LogP contribution < -0.4 is 10.6 Å². The molecule has 2 saturated heterocycles. The largest absolute Gasteiger partial charge is 0.356 e. The van der Waals surface area contributed by atoms with Crippen LogP contribution >= 0.6 is 0 Å². The van der Waals surface area contributed by atoms with Crippen molar-refractivity contribution in [1.29, 1.82) is 0 Å². The number of nitrogens with zero attached hydrogens (tertiary/aromatic N) is 3. The van der Waals surface area contributed by atoms with E-state index in [1.165, 1.54) is 50.9 Å². The Bertz CT molecular complexity index is 446. The molecule has 0 amide bonds. The normalized spacial score (nSPS) is 22.7. The quantitative estimate of drug-likeness (QED) is 0.924. The van der Waals surface area contributed by atoms with Gasteiger partial charge in [0.1, 0.15) is 5.82 Å². The molecule has 4 nitrogen and oxygen atoms in total. The van der Waals surface area contributed by atoms with E-state index >= 15 is 0 Å². The molecular formula is C17H28N4. The average Bonchev–Trinajstić information content (AvgIpc) is 3.01. The molecule has 0 aromatic carbocycles. The number of hydrogen-bond acceptors (Lipinski definition) is 4. The molecule has 0 radical (unpaired) electrons. The maximum absolute atomic E-state index is 6.08. The Balaban J connectivity index is 1.58. The van der Waals surface area contributed by atoms with Gasteiger partial charge in [-0.05, 0) is 57.7 Å². The topological polar surface area (TPSA) is 45.4 Å². The predicted molar refractivity (Wildman–Crippen MR) is 87.5 cm³/mol. The standard InChI is InChI=1S/C17H28N4/c1-14(18)16-5-4-8-19-17(16)21-11-6-15(7-12-21)13-20-9-2-3-10-20/h4-5,8,14-15H,2-3,6-7,9-13,18H2,1H3. The summed E-state index contributed by atoms with van der Waals surface area (Å²) in [6.45, 7) is 8.21. The van der Waals surface area contributed by atoms with E-state index < -0.39 is 0 Å². The van der Waals surface area contributed by atoms with Gasteiger partial charge in [0.15, 0.2) is 0 Å². The molecule has 4 heteroatoms. The molecule has 0 bridgehead atoms. The second-order valence-corrected chi connectivity index (χ2v) is 6.64. The van der Waals surface area contributed by atoms with Crippen LogP contribution in [0.15, 0.2) is 18.3 Å². The molecule has 3 rings (SSSR count). The average molecular weight is 288 g/mol. The summed E-state index contributed by atoms with van der Waals surface area (Å²) < 4.78 is 0. The zero-order valence-electron chi connectivity index (χ0n) is 13.2. The second-order valence-electron chi connectivity index (χ2n) is 6.64. The van der Waals surface area contributed by atoms with Crippen LogP contribution in [0.3, 0.4) is 0 Å². The third-order valence-corrected chi connectivity index (χ3v) is 4.94. The Morgan fingerprint density at radius 2 is 1.95 bits per heavy atom. The second kappa shape index (κ2) is 6.75. The smallest absolute Gasteiger partial charge is 0.133 e. The molecule has 1 unspecified atom stereocenters. The summed E-state index contributed by atoms with van der Waals surface area (Å²) >= 11 is 0. The number of aromatic nitrogens is 1. The minimum absolute atomic E-state index is 0.0519. The van der Waals surface area contributed by atoms with Crippen molar-refractivity contribution in [3.05, 3.63) is 23.9 Å². The molecule has 116 valence electrons. The van der Waals surface area contributed by atoms with Crippen LogP contribution in [0.2, 0.25) is 0 Å². The highest BCUT2D eigenvalue weighted by atomic mass is 15.2. The highest BCUT2D eigenvalue weighted by molar-refractivity contribution is 5.48. The third-order valence-electron chi connectivity index (χ3n) is 4.94. The van der Waals surface area contributed by atoms with E-state index in [0.717, 1.165) is 24.8 Å². The SMILES string of the molecule is CC(N)c1cccnc1N1CCC(CN2CCCC2)CC1. The summed E-state index contributed by atoms with van der Waals surface area (Å²) in [5.41, 5.74) is 7.26. The lowest BCUT2D eigenvalue weighted by Crippen LogP contribution is -2.39. The summed E-state index contributed by atoms with van der Waals surface area (Å²) in [4.78, 5) is 9.66. The van der Waals surface area contributed by atoms with Gasteiger partial charge in [-0.25, -0.2) is 4.98 Å². The highest BCUT2D eigenvalue weighted by Crippen LogP contribution is 2.28. The first-order valence-electron chi connectivity index (χ1n) is 8.42. The lowest BCUT2D eigenvalue weighted by molar-refractivity contribution is 0.249. The molecular weight excluding hydrogens is 260 g/mol. The van der Waals surface area contributed by atoms with E-state index in [2.05, 4.69) is 20.9 Å². The number of likely N-dealkylation sites (tertiary alicyclic amines) is 1. The van der Waals surface area contributed by atoms with Crippen LogP contribution in [-0.2, 0) is 0 Å². The number of piperidine rings is 1. The van der Waals surface area contributed by atoms with Gasteiger partial charge in [0.25, 0.3) is 0 Å². The Morgan fingerprint density at radius 3 is 2.62 bits per heavy atom. The van der Waals surface area contributed by atoms with Gasteiger partial charge < -0.3 is 15.5 Å². The molecule has 1 aromatic rings. The molecule has 0 spiro atoms. The molecule has 3 heterocycles. The van der Waals surface area contributed by atoms with Gasteiger partial charge in [-0.2, -0.15) is 0 Å². The molecule has 0 saturated carbocycles. The summed E-state index contributed by atoms with van der Waals surface area (Å²) in [7, 11) is 0. The maximum atomic E-state index is 6.08. The molecule has 2 aliphatic rings. The van der Waals surface area contributed by atoms with Crippen LogP contribution in [-0.4, -0.2) is 42.6 Å². The van der Waals surface area contributed by atoms with Crippen molar-refractivity contribution in [2.45, 2.75) is 38.6 Å². The van der Waals surface area contributed by atoms with E-state index in [-0.39, 0.29) is 6.04 Å². The van der Waals surface area contributed by atoms with Crippen LogP contribution in [0.25, 0.3) is 0 Å². The molecule has 2 aliphatic heterocycles. The zero-order chi connectivity index (χ0) is 14.7. The van der Waals surface area contributed by atoms with Crippen LogP contribution in [0, 0.1) is 5.92 Å². The van der Waals surface area contributed by atoms with Gasteiger partial charge in [0.2, 0.25) is 0 Å². The molecule has 21 heavy (non-hydrogen) atoms. The zero-order valence-corrected chi connectivity index (χ0v) is 13.2. The Kier molecular flexibility index (Phi) is 4.76. The van der Waals surface area contributed by atoms with Gasteiger partial charge in [0, 0.05) is 37.4 Å². The van der Waals surface area contributed by atoms with Gasteiger partial charge in [-0.1, -0.05) is 6.07 Å². The van der Waals surface area contributed by atoms with E-state index in [1.54, 1.807) is 0 Å². The van der Waals surface area contributed by atoms with E-state index in [4.69, 9.17) is 5.73 Å². The minimum atomic E-state index is 0.0519. The van der Waals surface area contributed by atoms with Gasteiger partial charge in [-0.15, -0.1) is 0 Å². The lowest BCUT2D eigenvalue weighted by atomic mass is 9.95. The molecule has 0 aliphatic carbocycles.